The van der Waals surface area contributed by atoms with Gasteiger partial charge in [-0.25, -0.2) is 14.4 Å². The second kappa shape index (κ2) is 9.93. The number of halogens is 2. The zero-order valence-corrected chi connectivity index (χ0v) is 19.1. The van der Waals surface area contributed by atoms with Crippen molar-refractivity contribution in [2.75, 3.05) is 26.8 Å². The number of methoxy groups -OCH3 is 1. The molecule has 1 saturated heterocycles. The number of benzene rings is 1. The van der Waals surface area contributed by atoms with Gasteiger partial charge in [0, 0.05) is 30.4 Å². The van der Waals surface area contributed by atoms with Gasteiger partial charge in [0.15, 0.2) is 11.6 Å². The Hall–Kier alpha value is -2.91. The van der Waals surface area contributed by atoms with E-state index < -0.39 is 5.82 Å². The maximum atomic E-state index is 14.6. The van der Waals surface area contributed by atoms with Crippen molar-refractivity contribution < 1.29 is 18.7 Å². The normalized spacial score (nSPS) is 17.9. The number of rotatable bonds is 7. The zero-order valence-electron chi connectivity index (χ0n) is 18.3. The molecule has 1 aliphatic carbocycles. The van der Waals surface area contributed by atoms with Gasteiger partial charge in [0.1, 0.15) is 23.3 Å². The van der Waals surface area contributed by atoms with Gasteiger partial charge in [-0.3, -0.25) is 4.79 Å². The number of aromatic amines is 1. The molecule has 8 nitrogen and oxygen atoms in total. The maximum absolute atomic E-state index is 14.6. The molecule has 0 bridgehead atoms. The van der Waals surface area contributed by atoms with Crippen molar-refractivity contribution in [1.82, 2.24) is 25.6 Å². The minimum absolute atomic E-state index is 0. The Labute approximate surface area is 197 Å². The smallest absolute Gasteiger partial charge is 0.255 e. The molecular formula is C23H27ClFN5O3. The van der Waals surface area contributed by atoms with Crippen LogP contribution in [0.3, 0.4) is 0 Å². The molecule has 2 fully saturated rings. The summed E-state index contributed by atoms with van der Waals surface area (Å²) in [4.78, 5) is 24.7. The first kappa shape index (κ1) is 23.3. The van der Waals surface area contributed by atoms with E-state index in [-0.39, 0.29) is 30.1 Å². The molecule has 1 aliphatic heterocycles. The number of piperidine rings is 1. The van der Waals surface area contributed by atoms with Crippen molar-refractivity contribution in [2.45, 2.75) is 31.7 Å². The van der Waals surface area contributed by atoms with Crippen LogP contribution < -0.4 is 20.1 Å². The molecule has 33 heavy (non-hydrogen) atoms. The molecule has 10 heteroatoms. The summed E-state index contributed by atoms with van der Waals surface area (Å²) < 4.78 is 25.8. The van der Waals surface area contributed by atoms with Crippen molar-refractivity contribution in [1.29, 1.82) is 0 Å². The van der Waals surface area contributed by atoms with Crippen molar-refractivity contribution in [3.05, 3.63) is 36.0 Å². The van der Waals surface area contributed by atoms with E-state index in [4.69, 9.17) is 9.47 Å². The fraction of sp³-hybridized carbons (Fsp3) is 0.435. The van der Waals surface area contributed by atoms with Gasteiger partial charge in [-0.1, -0.05) is 0 Å². The Bertz CT molecular complexity index is 1140. The highest BCUT2D eigenvalue weighted by molar-refractivity contribution is 6.08. The van der Waals surface area contributed by atoms with E-state index in [1.54, 1.807) is 12.3 Å². The highest BCUT2D eigenvalue weighted by Gasteiger charge is 2.25. The Morgan fingerprint density at radius 3 is 2.82 bits per heavy atom. The van der Waals surface area contributed by atoms with Gasteiger partial charge < -0.3 is 25.1 Å². The van der Waals surface area contributed by atoms with Crippen molar-refractivity contribution in [3.63, 3.8) is 0 Å². The summed E-state index contributed by atoms with van der Waals surface area (Å²) in [6.07, 6.45) is 7.25. The zero-order chi connectivity index (χ0) is 22.1. The number of nitrogens with one attached hydrogen (secondary N) is 3. The van der Waals surface area contributed by atoms with Gasteiger partial charge >= 0.3 is 0 Å². The van der Waals surface area contributed by atoms with Crippen LogP contribution in [0.4, 0.5) is 4.39 Å². The first-order valence-corrected chi connectivity index (χ1v) is 11.0. The molecule has 176 valence electrons. The molecule has 2 aromatic heterocycles. The van der Waals surface area contributed by atoms with Gasteiger partial charge in [-0.05, 0) is 44.2 Å². The van der Waals surface area contributed by atoms with Crippen molar-refractivity contribution >= 4 is 29.3 Å². The molecule has 1 amide bonds. The number of H-pyrrole nitrogens is 1. The molecule has 0 unspecified atom stereocenters. The van der Waals surface area contributed by atoms with Gasteiger partial charge in [0.25, 0.3) is 5.91 Å². The standard InChI is InChI=1S/C23H26FN5O3.ClH/c1-31-19-8-18(32-11-13-4-5-13)15(7-17(19)24)20-22-21(28-12-27-20)16(10-26-22)23(30)29-14-3-2-6-25-9-14;/h7-8,10,12-14,25-26H,2-6,9,11H2,1H3,(H,29,30);1H/t14-;/m1./s1. The van der Waals surface area contributed by atoms with Gasteiger partial charge in [0.2, 0.25) is 0 Å². The van der Waals surface area contributed by atoms with Crippen LogP contribution in [0.5, 0.6) is 11.5 Å². The van der Waals surface area contributed by atoms with E-state index >= 15 is 0 Å². The van der Waals surface area contributed by atoms with Gasteiger partial charge in [0.05, 0.1) is 24.8 Å². The summed E-state index contributed by atoms with van der Waals surface area (Å²) >= 11 is 0. The van der Waals surface area contributed by atoms with E-state index in [0.29, 0.717) is 46.1 Å². The van der Waals surface area contributed by atoms with Gasteiger partial charge in [-0.2, -0.15) is 0 Å². The van der Waals surface area contributed by atoms with Crippen LogP contribution in [-0.4, -0.2) is 53.7 Å². The average Bonchev–Trinajstić information content (AvgIpc) is 3.54. The summed E-state index contributed by atoms with van der Waals surface area (Å²) in [5.74, 6) is 0.420. The fourth-order valence-corrected chi connectivity index (χ4v) is 4.04. The molecular weight excluding hydrogens is 449 g/mol. The van der Waals surface area contributed by atoms with Crippen LogP contribution in [0.25, 0.3) is 22.3 Å². The number of aromatic nitrogens is 3. The monoisotopic (exact) mass is 475 g/mol. The largest absolute Gasteiger partial charge is 0.494 e. The third kappa shape index (κ3) is 4.89. The van der Waals surface area contributed by atoms with Crippen molar-refractivity contribution in [2.24, 2.45) is 5.92 Å². The lowest BCUT2D eigenvalue weighted by atomic mass is 10.1. The van der Waals surface area contributed by atoms with Crippen LogP contribution in [0.2, 0.25) is 0 Å². The molecule has 0 spiro atoms. The second-order valence-electron chi connectivity index (χ2n) is 8.40. The highest BCUT2D eigenvalue weighted by atomic mass is 35.5. The topological polar surface area (TPSA) is 101 Å². The lowest BCUT2D eigenvalue weighted by Gasteiger charge is -2.23. The van der Waals surface area contributed by atoms with E-state index in [1.807, 2.05) is 0 Å². The van der Waals surface area contributed by atoms with Crippen LogP contribution in [0.15, 0.2) is 24.7 Å². The molecule has 3 aromatic rings. The number of hydrogen-bond acceptors (Lipinski definition) is 6. The predicted octanol–water partition coefficient (Wildman–Crippen LogP) is 3.47. The Morgan fingerprint density at radius 2 is 2.09 bits per heavy atom. The van der Waals surface area contributed by atoms with E-state index in [2.05, 4.69) is 25.6 Å². The predicted molar refractivity (Wildman–Crippen MR) is 125 cm³/mol. The quantitative estimate of drug-likeness (QED) is 0.483. The minimum Gasteiger partial charge on any atom is -0.494 e. The number of carbonyl (C=O) groups excluding carboxylic acids is 1. The molecule has 1 atom stereocenters. The summed E-state index contributed by atoms with van der Waals surface area (Å²) in [6.45, 7) is 2.28. The second-order valence-corrected chi connectivity index (χ2v) is 8.40. The van der Waals surface area contributed by atoms with E-state index in [9.17, 15) is 9.18 Å². The molecule has 3 heterocycles. The summed E-state index contributed by atoms with van der Waals surface area (Å²) in [5.41, 5.74) is 2.44. The molecule has 0 radical (unpaired) electrons. The number of fused-ring (bicyclic) bond motifs is 1. The fourth-order valence-electron chi connectivity index (χ4n) is 4.04. The molecule has 2 aliphatic rings. The van der Waals surface area contributed by atoms with Crippen LogP contribution in [0.1, 0.15) is 36.0 Å². The van der Waals surface area contributed by atoms with Gasteiger partial charge in [-0.15, -0.1) is 12.4 Å². The third-order valence-corrected chi connectivity index (χ3v) is 6.02. The SMILES string of the molecule is COc1cc(OCC2CC2)c(-c2ncnc3c(C(=O)N[C@@H]4CCCNC4)c[nH]c23)cc1F.Cl. The summed E-state index contributed by atoms with van der Waals surface area (Å²) in [5, 5.41) is 6.36. The van der Waals surface area contributed by atoms with Crippen LogP contribution in [0, 0.1) is 11.7 Å². The first-order valence-electron chi connectivity index (χ1n) is 11.0. The number of nitrogens with zero attached hydrogens (tertiary/aromatic N) is 2. The number of carbonyl (C=O) groups is 1. The Kier molecular flexibility index (Phi) is 6.99. The molecule has 3 N–H and O–H groups in total. The Balaban J connectivity index is 0.00000259. The third-order valence-electron chi connectivity index (χ3n) is 6.02. The lowest BCUT2D eigenvalue weighted by Crippen LogP contribution is -2.45. The highest BCUT2D eigenvalue weighted by Crippen LogP contribution is 2.39. The van der Waals surface area contributed by atoms with E-state index in [1.165, 1.54) is 19.5 Å². The molecule has 1 aromatic carbocycles. The number of amides is 1. The number of hydrogen-bond donors (Lipinski definition) is 3. The molecule has 1 saturated carbocycles. The lowest BCUT2D eigenvalue weighted by molar-refractivity contribution is 0.0932. The number of ether oxygens (including phenoxy) is 2. The minimum atomic E-state index is -0.512. The summed E-state index contributed by atoms with van der Waals surface area (Å²) in [7, 11) is 1.42. The van der Waals surface area contributed by atoms with Crippen molar-refractivity contribution in [3.8, 4) is 22.8 Å². The maximum Gasteiger partial charge on any atom is 0.255 e. The Morgan fingerprint density at radius 1 is 1.24 bits per heavy atom. The average molecular weight is 476 g/mol. The van der Waals surface area contributed by atoms with E-state index in [0.717, 1.165) is 38.8 Å². The van der Waals surface area contributed by atoms with Crippen LogP contribution >= 0.6 is 12.4 Å². The van der Waals surface area contributed by atoms with Crippen LogP contribution in [-0.2, 0) is 0 Å². The first-order chi connectivity index (χ1) is 15.6. The summed E-state index contributed by atoms with van der Waals surface area (Å²) in [6, 6.07) is 2.99. The molecule has 5 rings (SSSR count).